The molecule has 0 amide bonds. The van der Waals surface area contributed by atoms with E-state index in [4.69, 9.17) is 9.97 Å². The number of aryl methyl sites for hydroxylation is 2. The maximum absolute atomic E-state index is 5.03. The summed E-state index contributed by atoms with van der Waals surface area (Å²) in [4.78, 5) is 15.3. The third-order valence-corrected chi connectivity index (χ3v) is 7.42. The lowest BCUT2D eigenvalue weighted by Gasteiger charge is -2.26. The van der Waals surface area contributed by atoms with E-state index in [1.807, 2.05) is 11.3 Å². The van der Waals surface area contributed by atoms with Crippen LogP contribution in [-0.2, 0) is 19.3 Å². The smallest absolute Gasteiger partial charge is 0.138 e. The minimum Gasteiger partial charge on any atom is -0.368 e. The van der Waals surface area contributed by atoms with Crippen molar-refractivity contribution in [3.63, 3.8) is 0 Å². The molecule has 3 heterocycles. The molecule has 2 aliphatic rings. The Balaban J connectivity index is 1.42. The van der Waals surface area contributed by atoms with Crippen LogP contribution in [0.2, 0.25) is 0 Å². The highest BCUT2D eigenvalue weighted by Gasteiger charge is 2.21. The van der Waals surface area contributed by atoms with E-state index in [0.717, 1.165) is 31.2 Å². The number of hydrogen-bond acceptors (Lipinski definition) is 5. The van der Waals surface area contributed by atoms with Gasteiger partial charge in [-0.15, -0.1) is 11.3 Å². The normalized spacial score (nSPS) is 17.4. The molecule has 3 aromatic rings. The van der Waals surface area contributed by atoms with E-state index in [9.17, 15) is 0 Å². The van der Waals surface area contributed by atoms with Gasteiger partial charge in [0.05, 0.1) is 5.39 Å². The second-order valence-electron chi connectivity index (χ2n) is 8.37. The van der Waals surface area contributed by atoms with Crippen LogP contribution in [0.15, 0.2) is 30.3 Å². The Kier molecular flexibility index (Phi) is 5.77. The number of nitrogens with zero attached hydrogens (tertiary/aromatic N) is 3. The Bertz CT molecular complexity index is 960. The monoisotopic (exact) mass is 406 g/mol. The van der Waals surface area contributed by atoms with Crippen LogP contribution in [0.4, 0.5) is 5.82 Å². The van der Waals surface area contributed by atoms with Crippen molar-refractivity contribution in [3.8, 4) is 0 Å². The van der Waals surface area contributed by atoms with E-state index < -0.39 is 0 Å². The largest absolute Gasteiger partial charge is 0.368 e. The molecule has 29 heavy (non-hydrogen) atoms. The standard InChI is InChI=1S/C24H30N4S/c1-3-9-18(10-4-1)17-21-26-23(25-13-16-28-14-7-2-8-15-28)22-19-11-5-6-12-20(19)29-24(22)27-21/h1,3-4,9-10H,2,5-8,11-17H2,(H,25,26,27). The highest BCUT2D eigenvalue weighted by molar-refractivity contribution is 7.19. The van der Waals surface area contributed by atoms with E-state index in [-0.39, 0.29) is 0 Å². The molecule has 1 saturated heterocycles. The Hall–Kier alpha value is -1.98. The fraction of sp³-hybridized carbons (Fsp3) is 0.500. The molecule has 1 fully saturated rings. The first-order valence-electron chi connectivity index (χ1n) is 11.2. The van der Waals surface area contributed by atoms with Crippen molar-refractivity contribution in [3.05, 3.63) is 52.2 Å². The van der Waals surface area contributed by atoms with Crippen molar-refractivity contribution >= 4 is 27.4 Å². The lowest BCUT2D eigenvalue weighted by atomic mass is 9.97. The number of aromatic nitrogens is 2. The summed E-state index contributed by atoms with van der Waals surface area (Å²) >= 11 is 1.90. The average molecular weight is 407 g/mol. The third kappa shape index (κ3) is 4.31. The second-order valence-corrected chi connectivity index (χ2v) is 9.45. The SMILES string of the molecule is c1ccc(Cc2nc(NCCN3CCCCC3)c3c4c(sc3n2)CCCC4)cc1. The molecule has 1 aliphatic heterocycles. The fourth-order valence-electron chi connectivity index (χ4n) is 4.70. The van der Waals surface area contributed by atoms with Gasteiger partial charge in [0.2, 0.25) is 0 Å². The van der Waals surface area contributed by atoms with Crippen molar-refractivity contribution in [1.29, 1.82) is 0 Å². The summed E-state index contributed by atoms with van der Waals surface area (Å²) in [6, 6.07) is 10.6. The molecule has 0 spiro atoms. The molecule has 5 rings (SSSR count). The van der Waals surface area contributed by atoms with Crippen molar-refractivity contribution in [2.45, 2.75) is 51.4 Å². The van der Waals surface area contributed by atoms with Crippen molar-refractivity contribution in [1.82, 2.24) is 14.9 Å². The number of hydrogen-bond donors (Lipinski definition) is 1. The van der Waals surface area contributed by atoms with Gasteiger partial charge in [0.25, 0.3) is 0 Å². The molecular formula is C24H30N4S. The Morgan fingerprint density at radius 2 is 1.76 bits per heavy atom. The molecular weight excluding hydrogens is 376 g/mol. The van der Waals surface area contributed by atoms with Crippen molar-refractivity contribution in [2.24, 2.45) is 0 Å². The fourth-order valence-corrected chi connectivity index (χ4v) is 5.98. The molecule has 152 valence electrons. The number of thiophene rings is 1. The van der Waals surface area contributed by atoms with Crippen molar-refractivity contribution in [2.75, 3.05) is 31.5 Å². The predicted octanol–water partition coefficient (Wildman–Crippen LogP) is 5.06. The molecule has 5 heteroatoms. The quantitative estimate of drug-likeness (QED) is 0.621. The van der Waals surface area contributed by atoms with Gasteiger partial charge in [0.1, 0.15) is 16.5 Å². The number of rotatable bonds is 6. The molecule has 0 radical (unpaired) electrons. The number of likely N-dealkylation sites (tertiary alicyclic amines) is 1. The number of anilines is 1. The first kappa shape index (κ1) is 19.0. The highest BCUT2D eigenvalue weighted by Crippen LogP contribution is 2.38. The van der Waals surface area contributed by atoms with Crippen molar-refractivity contribution < 1.29 is 0 Å². The van der Waals surface area contributed by atoms with Gasteiger partial charge in [-0.3, -0.25) is 0 Å². The van der Waals surface area contributed by atoms with Gasteiger partial charge in [0, 0.05) is 24.4 Å². The third-order valence-electron chi connectivity index (χ3n) is 6.24. The maximum atomic E-state index is 5.03. The summed E-state index contributed by atoms with van der Waals surface area (Å²) in [5, 5.41) is 5.02. The highest BCUT2D eigenvalue weighted by atomic mass is 32.1. The minimum atomic E-state index is 0.792. The van der Waals surface area contributed by atoms with Crippen LogP contribution in [0.3, 0.4) is 0 Å². The predicted molar refractivity (Wildman–Crippen MR) is 122 cm³/mol. The summed E-state index contributed by atoms with van der Waals surface area (Å²) in [6.45, 7) is 4.55. The summed E-state index contributed by atoms with van der Waals surface area (Å²) in [6.07, 6.45) is 9.85. The van der Waals surface area contributed by atoms with Gasteiger partial charge < -0.3 is 10.2 Å². The van der Waals surface area contributed by atoms with Gasteiger partial charge in [-0.1, -0.05) is 36.8 Å². The molecule has 0 unspecified atom stereocenters. The first-order chi connectivity index (χ1) is 14.4. The van der Waals surface area contributed by atoms with Gasteiger partial charge in [0.15, 0.2) is 0 Å². The number of piperidine rings is 1. The lowest BCUT2D eigenvalue weighted by molar-refractivity contribution is 0.237. The van der Waals surface area contributed by atoms with Crippen LogP contribution in [-0.4, -0.2) is 41.0 Å². The van der Waals surface area contributed by atoms with Crippen LogP contribution in [0.5, 0.6) is 0 Å². The zero-order chi connectivity index (χ0) is 19.5. The van der Waals surface area contributed by atoms with Crippen LogP contribution >= 0.6 is 11.3 Å². The van der Waals surface area contributed by atoms with E-state index >= 15 is 0 Å². The summed E-state index contributed by atoms with van der Waals surface area (Å²) in [7, 11) is 0. The topological polar surface area (TPSA) is 41.1 Å². The summed E-state index contributed by atoms with van der Waals surface area (Å²) in [5.74, 6) is 2.00. The van der Waals surface area contributed by atoms with Crippen LogP contribution < -0.4 is 5.32 Å². The van der Waals surface area contributed by atoms with Gasteiger partial charge >= 0.3 is 0 Å². The Morgan fingerprint density at radius 3 is 2.62 bits per heavy atom. The maximum Gasteiger partial charge on any atom is 0.138 e. The van der Waals surface area contributed by atoms with Crippen LogP contribution in [0.1, 0.15) is 53.9 Å². The van der Waals surface area contributed by atoms with E-state index in [1.54, 1.807) is 0 Å². The van der Waals surface area contributed by atoms with Gasteiger partial charge in [-0.2, -0.15) is 0 Å². The van der Waals surface area contributed by atoms with Gasteiger partial charge in [-0.25, -0.2) is 9.97 Å². The van der Waals surface area contributed by atoms with E-state index in [0.29, 0.717) is 0 Å². The lowest BCUT2D eigenvalue weighted by Crippen LogP contribution is -2.33. The van der Waals surface area contributed by atoms with E-state index in [1.165, 1.54) is 84.3 Å². The zero-order valence-corrected chi connectivity index (χ0v) is 17.9. The zero-order valence-electron chi connectivity index (χ0n) is 17.1. The first-order valence-corrected chi connectivity index (χ1v) is 12.0. The number of benzene rings is 1. The number of nitrogens with one attached hydrogen (secondary N) is 1. The molecule has 1 N–H and O–H groups in total. The molecule has 0 saturated carbocycles. The summed E-state index contributed by atoms with van der Waals surface area (Å²) in [5.41, 5.74) is 2.79. The van der Waals surface area contributed by atoms with Crippen LogP contribution in [0, 0.1) is 0 Å². The molecule has 1 aliphatic carbocycles. The Morgan fingerprint density at radius 1 is 0.931 bits per heavy atom. The molecule has 1 aromatic carbocycles. The van der Waals surface area contributed by atoms with E-state index in [2.05, 4.69) is 40.5 Å². The van der Waals surface area contributed by atoms with Crippen LogP contribution in [0.25, 0.3) is 10.2 Å². The molecule has 0 bridgehead atoms. The number of fused-ring (bicyclic) bond motifs is 3. The molecule has 2 aromatic heterocycles. The molecule has 0 atom stereocenters. The molecule has 4 nitrogen and oxygen atoms in total. The minimum absolute atomic E-state index is 0.792. The Labute approximate surface area is 177 Å². The second kappa shape index (κ2) is 8.80. The van der Waals surface area contributed by atoms with Gasteiger partial charge in [-0.05, 0) is 62.7 Å². The summed E-state index contributed by atoms with van der Waals surface area (Å²) < 4.78 is 0. The average Bonchev–Trinajstić information content (AvgIpc) is 3.14.